The SMILES string of the molecule is CC(C)c1ccccc1[C@H]1COCCN1C1CC2(CCN(c3ccc(C(=O)NS(=O)(=O)c4cc5c(c([N+](=O)[O-])c4)S[C@@H](C4CCC(C)(O)CC4)CO5)c(Oc4cnc5[nH]cc(F)c5c4)c3)CC2)C1. The Balaban J connectivity index is 0.864. The van der Waals surface area contributed by atoms with E-state index in [-0.39, 0.29) is 62.3 Å². The number of fused-ring (bicyclic) bond motifs is 2. The van der Waals surface area contributed by atoms with Crippen LogP contribution in [0.1, 0.15) is 106 Å². The number of aliphatic hydroxyl groups is 1. The Morgan fingerprint density at radius 2 is 1.82 bits per heavy atom. The zero-order valence-corrected chi connectivity index (χ0v) is 40.0. The Kier molecular flexibility index (Phi) is 12.5. The molecule has 5 aliphatic rings. The number of morpholine rings is 1. The highest BCUT2D eigenvalue weighted by Gasteiger charge is 2.50. The number of sulfonamides is 1. The summed E-state index contributed by atoms with van der Waals surface area (Å²) in [6, 6.07) is 18.0. The van der Waals surface area contributed by atoms with Gasteiger partial charge in [0, 0.05) is 61.0 Å². The number of nitrogens with zero attached hydrogens (tertiary/aromatic N) is 4. The van der Waals surface area contributed by atoms with Crippen molar-refractivity contribution < 1.29 is 41.8 Å². The molecule has 15 nitrogen and oxygen atoms in total. The van der Waals surface area contributed by atoms with Crippen LogP contribution in [0.15, 0.2) is 82.8 Å². The van der Waals surface area contributed by atoms with Crippen molar-refractivity contribution in [3.8, 4) is 17.2 Å². The molecule has 10 rings (SSSR count). The second-order valence-corrected chi connectivity index (χ2v) is 22.8. The lowest BCUT2D eigenvalue weighted by molar-refractivity contribution is -0.388. The highest BCUT2D eigenvalue weighted by atomic mass is 32.2. The third-order valence-electron chi connectivity index (χ3n) is 15.1. The van der Waals surface area contributed by atoms with Gasteiger partial charge < -0.3 is 29.2 Å². The molecule has 3 aliphatic heterocycles. The minimum Gasteiger partial charge on any atom is -0.491 e. The molecule has 18 heteroatoms. The van der Waals surface area contributed by atoms with Crippen LogP contribution in [0.5, 0.6) is 17.2 Å². The number of thioether (sulfide) groups is 1. The largest absolute Gasteiger partial charge is 0.491 e. The van der Waals surface area contributed by atoms with Crippen LogP contribution in [-0.2, 0) is 14.8 Å². The maximum absolute atomic E-state index is 14.7. The third-order valence-corrected chi connectivity index (χ3v) is 17.9. The normalized spacial score (nSPS) is 24.3. The first-order valence-corrected chi connectivity index (χ1v) is 25.9. The molecule has 2 aromatic heterocycles. The number of anilines is 1. The van der Waals surface area contributed by atoms with Crippen molar-refractivity contribution in [1.29, 1.82) is 0 Å². The molecule has 4 fully saturated rings. The van der Waals surface area contributed by atoms with Crippen molar-refractivity contribution in [3.63, 3.8) is 0 Å². The summed E-state index contributed by atoms with van der Waals surface area (Å²) >= 11 is 1.29. The monoisotopic (exact) mass is 968 g/mol. The van der Waals surface area contributed by atoms with Gasteiger partial charge >= 0.3 is 0 Å². The molecule has 0 unspecified atom stereocenters. The number of aromatic nitrogens is 2. The van der Waals surface area contributed by atoms with Gasteiger partial charge in [-0.2, -0.15) is 0 Å². The lowest BCUT2D eigenvalue weighted by atomic mass is 9.59. The van der Waals surface area contributed by atoms with Gasteiger partial charge in [-0.25, -0.2) is 22.5 Å². The molecule has 2 saturated heterocycles. The molecule has 5 heterocycles. The second-order valence-electron chi connectivity index (χ2n) is 19.9. The van der Waals surface area contributed by atoms with Gasteiger partial charge in [0.15, 0.2) is 0 Å². The van der Waals surface area contributed by atoms with Crippen molar-refractivity contribution in [3.05, 3.63) is 106 Å². The van der Waals surface area contributed by atoms with Crippen LogP contribution in [-0.4, -0.2) is 95.6 Å². The number of nitro benzene ring substituents is 1. The highest BCUT2D eigenvalue weighted by Crippen LogP contribution is 2.54. The van der Waals surface area contributed by atoms with Crippen LogP contribution in [0.25, 0.3) is 11.0 Å². The molecule has 3 N–H and O–H groups in total. The number of benzene rings is 3. The van der Waals surface area contributed by atoms with Gasteiger partial charge in [0.25, 0.3) is 21.6 Å². The van der Waals surface area contributed by atoms with E-state index in [0.717, 1.165) is 76.5 Å². The fourth-order valence-electron chi connectivity index (χ4n) is 11.1. The van der Waals surface area contributed by atoms with Gasteiger partial charge in [0.05, 0.1) is 51.8 Å². The number of H-pyrrole nitrogens is 1. The molecule has 2 aliphatic carbocycles. The topological polar surface area (TPSA) is 189 Å². The summed E-state index contributed by atoms with van der Waals surface area (Å²) < 4.78 is 63.1. The van der Waals surface area contributed by atoms with E-state index in [1.54, 1.807) is 12.1 Å². The number of hydrogen-bond donors (Lipinski definition) is 3. The van der Waals surface area contributed by atoms with E-state index >= 15 is 0 Å². The molecule has 1 amide bonds. The van der Waals surface area contributed by atoms with E-state index in [2.05, 4.69) is 62.6 Å². The van der Waals surface area contributed by atoms with Crippen LogP contribution in [0.4, 0.5) is 15.8 Å². The predicted molar refractivity (Wildman–Crippen MR) is 256 cm³/mol. The molecule has 360 valence electrons. The zero-order valence-electron chi connectivity index (χ0n) is 38.4. The molecule has 1 spiro atoms. The first-order chi connectivity index (χ1) is 32.6. The average Bonchev–Trinajstić information content (AvgIpc) is 3.69. The fourth-order valence-corrected chi connectivity index (χ4v) is 13.5. The Labute approximate surface area is 399 Å². The number of pyridine rings is 1. The minimum atomic E-state index is -4.70. The molecule has 2 saturated carbocycles. The Morgan fingerprint density at radius 1 is 1.06 bits per heavy atom. The summed E-state index contributed by atoms with van der Waals surface area (Å²) in [4.78, 5) is 37.5. The first-order valence-electron chi connectivity index (χ1n) is 23.6. The van der Waals surface area contributed by atoms with Gasteiger partial charge in [-0.3, -0.25) is 19.8 Å². The fraction of sp³-hybridized carbons (Fsp3) is 0.480. The van der Waals surface area contributed by atoms with E-state index < -0.39 is 42.9 Å². The number of piperidine rings is 1. The molecule has 0 radical (unpaired) electrons. The maximum Gasteiger partial charge on any atom is 0.288 e. The molecule has 5 aromatic rings. The van der Waals surface area contributed by atoms with Gasteiger partial charge in [-0.05, 0) is 105 Å². The summed E-state index contributed by atoms with van der Waals surface area (Å²) in [6.45, 7) is 10.3. The molecule has 3 aromatic carbocycles. The Morgan fingerprint density at radius 3 is 2.57 bits per heavy atom. The summed E-state index contributed by atoms with van der Waals surface area (Å²) in [7, 11) is -4.70. The summed E-state index contributed by atoms with van der Waals surface area (Å²) in [5.74, 6) is -0.815. The number of nitrogens with one attached hydrogen (secondary N) is 2. The lowest BCUT2D eigenvalue weighted by Gasteiger charge is -2.57. The third kappa shape index (κ3) is 9.17. The number of nitro groups is 1. The maximum atomic E-state index is 14.7. The zero-order chi connectivity index (χ0) is 47.5. The van der Waals surface area contributed by atoms with Gasteiger partial charge in [0.2, 0.25) is 0 Å². The highest BCUT2D eigenvalue weighted by molar-refractivity contribution is 8.00. The molecular formula is C50H57FN6O9S2. The number of carbonyl (C=O) groups is 1. The Bertz CT molecular complexity index is 2850. The molecule has 0 bridgehead atoms. The van der Waals surface area contributed by atoms with Gasteiger partial charge in [0.1, 0.15) is 40.2 Å². The summed E-state index contributed by atoms with van der Waals surface area (Å²) in [5.41, 5.74) is 2.69. The van der Waals surface area contributed by atoms with Crippen molar-refractivity contribution in [1.82, 2.24) is 19.6 Å². The number of rotatable bonds is 11. The number of halogens is 1. The van der Waals surface area contributed by atoms with Crippen LogP contribution >= 0.6 is 11.8 Å². The van der Waals surface area contributed by atoms with Crippen LogP contribution in [0, 0.1) is 27.3 Å². The second kappa shape index (κ2) is 18.2. The number of hydrogen-bond acceptors (Lipinski definition) is 13. The minimum absolute atomic E-state index is 0.0164. The first kappa shape index (κ1) is 46.5. The van der Waals surface area contributed by atoms with E-state index in [4.69, 9.17) is 14.2 Å². The summed E-state index contributed by atoms with van der Waals surface area (Å²) in [6.07, 6.45) is 9.43. The van der Waals surface area contributed by atoms with Crippen molar-refractivity contribution in [2.75, 3.05) is 44.4 Å². The predicted octanol–water partition coefficient (Wildman–Crippen LogP) is 9.26. The van der Waals surface area contributed by atoms with E-state index in [1.807, 2.05) is 6.92 Å². The molecule has 68 heavy (non-hydrogen) atoms. The van der Waals surface area contributed by atoms with Crippen LogP contribution < -0.4 is 19.1 Å². The van der Waals surface area contributed by atoms with E-state index in [1.165, 1.54) is 53.5 Å². The number of ether oxygens (including phenoxy) is 3. The van der Waals surface area contributed by atoms with Crippen molar-refractivity contribution >= 4 is 50.1 Å². The summed E-state index contributed by atoms with van der Waals surface area (Å²) in [5, 5.41) is 22.9. The number of carbonyl (C=O) groups excluding carboxylic acids is 1. The smallest absolute Gasteiger partial charge is 0.288 e. The van der Waals surface area contributed by atoms with Crippen molar-refractivity contribution in [2.45, 2.75) is 111 Å². The quantitative estimate of drug-likeness (QED) is 0.0840. The van der Waals surface area contributed by atoms with Crippen LogP contribution in [0.3, 0.4) is 0 Å². The van der Waals surface area contributed by atoms with Gasteiger partial charge in [-0.1, -0.05) is 38.1 Å². The lowest BCUT2D eigenvalue weighted by Crippen LogP contribution is -2.58. The average molecular weight is 969 g/mol. The van der Waals surface area contributed by atoms with E-state index in [0.29, 0.717) is 37.1 Å². The van der Waals surface area contributed by atoms with Crippen molar-refractivity contribution in [2.24, 2.45) is 11.3 Å². The van der Waals surface area contributed by atoms with Crippen LogP contribution in [0.2, 0.25) is 0 Å². The number of aromatic amines is 1. The van der Waals surface area contributed by atoms with Gasteiger partial charge in [-0.15, -0.1) is 11.8 Å². The molecule has 2 atom stereocenters. The molecular weight excluding hydrogens is 912 g/mol. The standard InChI is InChI=1S/C50H57FN6O9S2/c1-30(2)36-6-4-5-7-37(36)42-28-64-19-18-56(42)33-24-50(25-33)14-16-55(17-15-50)32-8-9-38(43(20-32)66-34-21-39-40(51)27-53-47(39)52-26-34)48(58)54-68(62,63)35-22-41(57(60)61)46-44(23-35)65-29-45(67-46)31-10-12-49(3,59)13-11-31/h4-9,20-23,26-27,30-31,33,42,45,59H,10-19,24-25,28-29H2,1-3H3,(H,52,53)(H,54,58)/t31?,42-,45-,49?/m1/s1. The van der Waals surface area contributed by atoms with E-state index in [9.17, 15) is 32.8 Å². The number of amides is 1. The Hall–Kier alpha value is -5.27.